The first kappa shape index (κ1) is 12.0. The zero-order valence-corrected chi connectivity index (χ0v) is 10.2. The fourth-order valence-corrected chi connectivity index (χ4v) is 1.88. The van der Waals surface area contributed by atoms with Crippen LogP contribution in [0.5, 0.6) is 0 Å². The second-order valence-corrected chi connectivity index (χ2v) is 4.51. The molecule has 1 aromatic rings. The summed E-state index contributed by atoms with van der Waals surface area (Å²) in [6, 6.07) is 4.19. The molecule has 2 rings (SSSR count). The normalized spacial score (nSPS) is 17.3. The molecule has 0 saturated heterocycles. The smallest absolute Gasteiger partial charge is 0.106 e. The SMILES string of the molecule is Cl.N[C@@H](CC1CC1)c1ccnc(Br)c1. The Kier molecular flexibility index (Phi) is 4.35. The Morgan fingerprint density at radius 2 is 2.29 bits per heavy atom. The highest BCUT2D eigenvalue weighted by Gasteiger charge is 2.24. The zero-order chi connectivity index (χ0) is 9.26. The lowest BCUT2D eigenvalue weighted by molar-refractivity contribution is 0.596. The molecule has 1 fully saturated rings. The molecule has 14 heavy (non-hydrogen) atoms. The third-order valence-electron chi connectivity index (χ3n) is 2.46. The summed E-state index contributed by atoms with van der Waals surface area (Å²) in [5.74, 6) is 0.877. The van der Waals surface area contributed by atoms with Gasteiger partial charge in [0.1, 0.15) is 4.60 Å². The summed E-state index contributed by atoms with van der Waals surface area (Å²) in [6.45, 7) is 0. The summed E-state index contributed by atoms with van der Waals surface area (Å²) < 4.78 is 0.872. The average Bonchev–Trinajstić information content (AvgIpc) is 2.88. The largest absolute Gasteiger partial charge is 0.324 e. The quantitative estimate of drug-likeness (QED) is 0.863. The molecular weight excluding hydrogens is 263 g/mol. The van der Waals surface area contributed by atoms with Crippen LogP contribution in [0, 0.1) is 5.92 Å². The lowest BCUT2D eigenvalue weighted by Crippen LogP contribution is -2.10. The average molecular weight is 278 g/mol. The monoisotopic (exact) mass is 276 g/mol. The maximum absolute atomic E-state index is 6.06. The minimum atomic E-state index is 0. The maximum atomic E-state index is 6.06. The van der Waals surface area contributed by atoms with Gasteiger partial charge in [0, 0.05) is 12.2 Å². The molecular formula is C10H14BrClN2. The third-order valence-corrected chi connectivity index (χ3v) is 2.90. The molecule has 1 saturated carbocycles. The van der Waals surface area contributed by atoms with E-state index in [1.54, 1.807) is 6.20 Å². The second kappa shape index (κ2) is 5.10. The van der Waals surface area contributed by atoms with Gasteiger partial charge in [0.15, 0.2) is 0 Å². The number of nitrogens with zero attached hydrogens (tertiary/aromatic N) is 1. The molecule has 4 heteroatoms. The van der Waals surface area contributed by atoms with Crippen molar-refractivity contribution < 1.29 is 0 Å². The molecule has 2 N–H and O–H groups in total. The molecule has 0 amide bonds. The molecule has 0 aliphatic heterocycles. The fraction of sp³-hybridized carbons (Fsp3) is 0.500. The van der Waals surface area contributed by atoms with Gasteiger partial charge < -0.3 is 5.73 Å². The molecule has 0 aromatic carbocycles. The van der Waals surface area contributed by atoms with Gasteiger partial charge in [-0.3, -0.25) is 0 Å². The van der Waals surface area contributed by atoms with Crippen LogP contribution in [0.3, 0.4) is 0 Å². The number of hydrogen-bond donors (Lipinski definition) is 1. The van der Waals surface area contributed by atoms with Crippen LogP contribution in [-0.4, -0.2) is 4.98 Å². The van der Waals surface area contributed by atoms with E-state index in [0.717, 1.165) is 16.9 Å². The minimum absolute atomic E-state index is 0. The van der Waals surface area contributed by atoms with Crippen molar-refractivity contribution in [3.05, 3.63) is 28.5 Å². The summed E-state index contributed by atoms with van der Waals surface area (Å²) in [4.78, 5) is 4.08. The third kappa shape index (κ3) is 3.23. The van der Waals surface area contributed by atoms with Crippen molar-refractivity contribution in [2.45, 2.75) is 25.3 Å². The number of pyridine rings is 1. The predicted molar refractivity (Wildman–Crippen MR) is 63.5 cm³/mol. The van der Waals surface area contributed by atoms with Gasteiger partial charge in [-0.2, -0.15) is 0 Å². The van der Waals surface area contributed by atoms with E-state index in [0.29, 0.717) is 0 Å². The van der Waals surface area contributed by atoms with Crippen LogP contribution in [0.25, 0.3) is 0 Å². The van der Waals surface area contributed by atoms with E-state index in [2.05, 4.69) is 20.9 Å². The van der Waals surface area contributed by atoms with E-state index in [1.807, 2.05) is 12.1 Å². The molecule has 0 bridgehead atoms. The van der Waals surface area contributed by atoms with E-state index in [9.17, 15) is 0 Å². The first-order chi connectivity index (χ1) is 6.25. The van der Waals surface area contributed by atoms with Crippen LogP contribution in [0.15, 0.2) is 22.9 Å². The molecule has 2 nitrogen and oxygen atoms in total. The Morgan fingerprint density at radius 3 is 2.86 bits per heavy atom. The van der Waals surface area contributed by atoms with Crippen LogP contribution >= 0.6 is 28.3 Å². The van der Waals surface area contributed by atoms with Gasteiger partial charge >= 0.3 is 0 Å². The topological polar surface area (TPSA) is 38.9 Å². The summed E-state index contributed by atoms with van der Waals surface area (Å²) in [7, 11) is 0. The molecule has 1 heterocycles. The predicted octanol–water partition coefficient (Wildman–Crippen LogP) is 3.07. The highest BCUT2D eigenvalue weighted by Crippen LogP contribution is 2.36. The Morgan fingerprint density at radius 1 is 1.57 bits per heavy atom. The van der Waals surface area contributed by atoms with E-state index < -0.39 is 0 Å². The van der Waals surface area contributed by atoms with Gasteiger partial charge in [-0.1, -0.05) is 12.8 Å². The summed E-state index contributed by atoms with van der Waals surface area (Å²) in [5, 5.41) is 0. The highest BCUT2D eigenvalue weighted by molar-refractivity contribution is 9.10. The summed E-state index contributed by atoms with van der Waals surface area (Å²) in [6.07, 6.45) is 5.64. The Labute approximate surface area is 98.8 Å². The Balaban J connectivity index is 0.000000980. The van der Waals surface area contributed by atoms with Crippen LogP contribution < -0.4 is 5.73 Å². The first-order valence-corrected chi connectivity index (χ1v) is 5.42. The molecule has 0 radical (unpaired) electrons. The van der Waals surface area contributed by atoms with E-state index in [4.69, 9.17) is 5.73 Å². The van der Waals surface area contributed by atoms with E-state index in [1.165, 1.54) is 18.4 Å². The van der Waals surface area contributed by atoms with Gasteiger partial charge in [-0.15, -0.1) is 12.4 Å². The highest BCUT2D eigenvalue weighted by atomic mass is 79.9. The molecule has 1 aliphatic carbocycles. The van der Waals surface area contributed by atoms with Crippen molar-refractivity contribution in [2.75, 3.05) is 0 Å². The number of rotatable bonds is 3. The van der Waals surface area contributed by atoms with E-state index >= 15 is 0 Å². The molecule has 1 atom stereocenters. The van der Waals surface area contributed by atoms with Crippen LogP contribution in [0.4, 0.5) is 0 Å². The second-order valence-electron chi connectivity index (χ2n) is 3.70. The van der Waals surface area contributed by atoms with Crippen molar-refractivity contribution in [1.82, 2.24) is 4.98 Å². The zero-order valence-electron chi connectivity index (χ0n) is 7.82. The van der Waals surface area contributed by atoms with Crippen molar-refractivity contribution in [2.24, 2.45) is 11.7 Å². The van der Waals surface area contributed by atoms with Gasteiger partial charge in [-0.25, -0.2) is 4.98 Å². The molecule has 0 spiro atoms. The number of aromatic nitrogens is 1. The van der Waals surface area contributed by atoms with Gasteiger partial charge in [0.2, 0.25) is 0 Å². The van der Waals surface area contributed by atoms with Crippen molar-refractivity contribution >= 4 is 28.3 Å². The van der Waals surface area contributed by atoms with E-state index in [-0.39, 0.29) is 18.4 Å². The number of halogens is 2. The molecule has 0 unspecified atom stereocenters. The lowest BCUT2D eigenvalue weighted by Gasteiger charge is -2.10. The van der Waals surface area contributed by atoms with Crippen molar-refractivity contribution in [3.63, 3.8) is 0 Å². The maximum Gasteiger partial charge on any atom is 0.106 e. The Bertz CT molecular complexity index is 302. The minimum Gasteiger partial charge on any atom is -0.324 e. The number of nitrogens with two attached hydrogens (primary N) is 1. The lowest BCUT2D eigenvalue weighted by atomic mass is 10.0. The first-order valence-electron chi connectivity index (χ1n) is 4.63. The van der Waals surface area contributed by atoms with Gasteiger partial charge in [0.25, 0.3) is 0 Å². The van der Waals surface area contributed by atoms with Crippen molar-refractivity contribution in [3.8, 4) is 0 Å². The fourth-order valence-electron chi connectivity index (χ4n) is 1.50. The van der Waals surface area contributed by atoms with Crippen LogP contribution in [-0.2, 0) is 0 Å². The molecule has 1 aromatic heterocycles. The van der Waals surface area contributed by atoms with Gasteiger partial charge in [0.05, 0.1) is 0 Å². The number of hydrogen-bond acceptors (Lipinski definition) is 2. The summed E-state index contributed by atoms with van der Waals surface area (Å²) in [5.41, 5.74) is 7.24. The van der Waals surface area contributed by atoms with Gasteiger partial charge in [-0.05, 0) is 46.0 Å². The van der Waals surface area contributed by atoms with Crippen molar-refractivity contribution in [1.29, 1.82) is 0 Å². The molecule has 1 aliphatic rings. The standard InChI is InChI=1S/C10H13BrN2.ClH/c11-10-6-8(3-4-13-10)9(12)5-7-1-2-7;/h3-4,6-7,9H,1-2,5,12H2;1H/t9-;/m0./s1. The Hall–Kier alpha value is -0.120. The van der Waals surface area contributed by atoms with Crippen LogP contribution in [0.1, 0.15) is 30.9 Å². The summed E-state index contributed by atoms with van der Waals surface area (Å²) >= 11 is 3.35. The molecule has 78 valence electrons. The van der Waals surface area contributed by atoms with Crippen LogP contribution in [0.2, 0.25) is 0 Å².